The second-order valence-electron chi connectivity index (χ2n) is 32.6. The van der Waals surface area contributed by atoms with Crippen LogP contribution in [0.3, 0.4) is 0 Å². The molecule has 0 N–H and O–H groups in total. The molecule has 0 radical (unpaired) electrons. The van der Waals surface area contributed by atoms with Crippen molar-refractivity contribution in [1.29, 1.82) is 0 Å². The average molecular weight is 1550 g/mol. The molecular weight excluding hydrogens is 1480 g/mol. The van der Waals surface area contributed by atoms with Gasteiger partial charge in [0, 0.05) is 132 Å². The SMILES string of the molecule is c1ccc(-n2c3ccccc3c3ccc4c5ccccc5n(-c5cc(-c6ccc(-c7cc(-n8c9ccccc9c9ccc%10c%11ccccc%11n(-c%11ccccc%11)c%10c98)cc(-n8c9ccccc9c9ccc%10c%11ccccc%11n(-c%11ccccc%11)c%10c98)c7)cc6)cc(-n6c7ccccc7c7ccc8c9ccccc9n(-c9ccccc9)c8c76)c5)c4c32)cc1. The Hall–Kier alpha value is -16.4. The van der Waals surface area contributed by atoms with E-state index in [0.717, 1.165) is 156 Å². The predicted molar refractivity (Wildman–Crippen MR) is 512 cm³/mol. The number of hydrogen-bond acceptors (Lipinski definition) is 0. The van der Waals surface area contributed by atoms with Gasteiger partial charge in [-0.05, 0) is 156 Å². The molecule has 0 atom stereocenters. The van der Waals surface area contributed by atoms with Crippen molar-refractivity contribution in [3.63, 3.8) is 0 Å². The summed E-state index contributed by atoms with van der Waals surface area (Å²) in [6.45, 7) is 0. The molecule has 0 bridgehead atoms. The van der Waals surface area contributed by atoms with E-state index < -0.39 is 0 Å². The Kier molecular flexibility index (Phi) is 14.0. The fourth-order valence-corrected chi connectivity index (χ4v) is 21.4. The van der Waals surface area contributed by atoms with Crippen LogP contribution in [0.2, 0.25) is 0 Å². The zero-order valence-electron chi connectivity index (χ0n) is 66.0. The number of rotatable bonds is 10. The molecule has 8 heterocycles. The Morgan fingerprint density at radius 1 is 0.0984 bits per heavy atom. The molecule has 566 valence electrons. The highest BCUT2D eigenvalue weighted by Gasteiger charge is 2.29. The van der Waals surface area contributed by atoms with Gasteiger partial charge >= 0.3 is 0 Å². The average Bonchev–Trinajstić information content (AvgIpc) is 1.55. The molecule has 0 spiro atoms. The fraction of sp³-hybridized carbons (Fsp3) is 0. The lowest BCUT2D eigenvalue weighted by Crippen LogP contribution is -2.03. The summed E-state index contributed by atoms with van der Waals surface area (Å²) in [6, 6.07) is 159. The summed E-state index contributed by atoms with van der Waals surface area (Å²) in [7, 11) is 0. The van der Waals surface area contributed by atoms with E-state index in [2.05, 4.69) is 461 Å². The third-order valence-corrected chi connectivity index (χ3v) is 26.3. The van der Waals surface area contributed by atoms with E-state index in [0.29, 0.717) is 0 Å². The molecule has 122 heavy (non-hydrogen) atoms. The van der Waals surface area contributed by atoms with Crippen molar-refractivity contribution >= 4 is 174 Å². The number of fused-ring (bicyclic) bond motifs is 28. The van der Waals surface area contributed by atoms with Gasteiger partial charge < -0.3 is 36.5 Å². The van der Waals surface area contributed by atoms with Gasteiger partial charge in [0.25, 0.3) is 0 Å². The molecule has 8 nitrogen and oxygen atoms in total. The minimum atomic E-state index is 1.04. The standard InChI is InChI=1S/C114H70N8/c1-5-29-75(30-6-1)115-99-45-21-13-37-83(99)91-57-61-95-87-41-17-25-49-103(87)119(111(95)107(91)115)79-65-73(66-80(69-79)120-104-50-26-18-42-88(104)96-62-58-92-84-38-14-22-46-100(84)116(108(92)112(96)120)76-31-7-2-8-32-76)71-53-55-72(56-54-71)74-67-81(121-105-51-27-19-43-89(105)97-63-59-93-85-39-15-23-47-101(85)117(109(93)113(97)121)77-33-9-3-10-34-77)70-82(68-74)122-106-52-28-20-44-90(106)98-64-60-94-86-40-16-24-48-102(86)118(110(94)114(98)122)78-35-11-4-12-36-78/h1-70H. The Balaban J connectivity index is 0.750. The lowest BCUT2D eigenvalue weighted by atomic mass is 9.98. The van der Waals surface area contributed by atoms with Crippen molar-refractivity contribution in [1.82, 2.24) is 36.5 Å². The quantitative estimate of drug-likeness (QED) is 0.131. The first-order valence-corrected chi connectivity index (χ1v) is 42.1. The van der Waals surface area contributed by atoms with Gasteiger partial charge in [0.05, 0.1) is 88.3 Å². The van der Waals surface area contributed by atoms with Crippen molar-refractivity contribution in [2.45, 2.75) is 0 Å². The predicted octanol–water partition coefficient (Wildman–Crippen LogP) is 29.8. The smallest absolute Gasteiger partial charge is 0.0788 e. The zero-order valence-corrected chi connectivity index (χ0v) is 66.0. The maximum atomic E-state index is 2.58. The Morgan fingerprint density at radius 2 is 0.246 bits per heavy atom. The van der Waals surface area contributed by atoms with E-state index >= 15 is 0 Å². The van der Waals surface area contributed by atoms with Crippen molar-refractivity contribution in [2.75, 3.05) is 0 Å². The van der Waals surface area contributed by atoms with Crippen LogP contribution in [0.5, 0.6) is 0 Å². The van der Waals surface area contributed by atoms with Gasteiger partial charge in [-0.1, -0.05) is 291 Å². The first-order valence-electron chi connectivity index (χ1n) is 42.1. The van der Waals surface area contributed by atoms with Crippen LogP contribution in [0, 0.1) is 0 Å². The second-order valence-corrected chi connectivity index (χ2v) is 32.6. The molecule has 0 aliphatic rings. The van der Waals surface area contributed by atoms with Gasteiger partial charge in [-0.25, -0.2) is 0 Å². The number of aromatic nitrogens is 8. The van der Waals surface area contributed by atoms with Crippen LogP contribution in [0.1, 0.15) is 0 Å². The van der Waals surface area contributed by atoms with E-state index in [1.807, 2.05) is 0 Å². The van der Waals surface area contributed by atoms with Gasteiger partial charge in [-0.15, -0.1) is 0 Å². The van der Waals surface area contributed by atoms with E-state index in [1.54, 1.807) is 0 Å². The summed E-state index contributed by atoms with van der Waals surface area (Å²) in [5.41, 5.74) is 31.2. The molecule has 8 aromatic heterocycles. The van der Waals surface area contributed by atoms with Crippen LogP contribution < -0.4 is 0 Å². The molecule has 27 aromatic rings. The minimum Gasteiger partial charge on any atom is -0.307 e. The van der Waals surface area contributed by atoms with Crippen molar-refractivity contribution < 1.29 is 0 Å². The molecule has 0 amide bonds. The summed E-state index contributed by atoms with van der Waals surface area (Å²) >= 11 is 0. The van der Waals surface area contributed by atoms with Crippen molar-refractivity contribution in [3.8, 4) is 67.8 Å². The molecule has 8 heteroatoms. The molecular formula is C114H70N8. The van der Waals surface area contributed by atoms with Crippen molar-refractivity contribution in [2.24, 2.45) is 0 Å². The Morgan fingerprint density at radius 3 is 0.418 bits per heavy atom. The first kappa shape index (κ1) is 66.7. The van der Waals surface area contributed by atoms with Crippen LogP contribution in [0.25, 0.3) is 242 Å². The summed E-state index contributed by atoms with van der Waals surface area (Å²) in [4.78, 5) is 0. The minimum absolute atomic E-state index is 1.04. The summed E-state index contributed by atoms with van der Waals surface area (Å²) in [6.07, 6.45) is 0. The van der Waals surface area contributed by atoms with Crippen LogP contribution in [-0.4, -0.2) is 36.5 Å². The van der Waals surface area contributed by atoms with Crippen LogP contribution in [0.4, 0.5) is 0 Å². The van der Waals surface area contributed by atoms with E-state index in [9.17, 15) is 0 Å². The monoisotopic (exact) mass is 1550 g/mol. The molecule has 0 aliphatic carbocycles. The lowest BCUT2D eigenvalue weighted by molar-refractivity contribution is 1.12. The molecule has 0 unspecified atom stereocenters. The van der Waals surface area contributed by atoms with E-state index in [1.165, 1.54) is 86.2 Å². The second kappa shape index (κ2) is 25.5. The third kappa shape index (κ3) is 9.34. The number of para-hydroxylation sites is 12. The highest BCUT2D eigenvalue weighted by Crippen LogP contribution is 2.50. The maximum Gasteiger partial charge on any atom is 0.0788 e. The van der Waals surface area contributed by atoms with Gasteiger partial charge in [0.1, 0.15) is 0 Å². The molecule has 27 rings (SSSR count). The number of nitrogens with zero attached hydrogens (tertiary/aromatic N) is 8. The maximum absolute atomic E-state index is 2.58. The van der Waals surface area contributed by atoms with E-state index in [-0.39, 0.29) is 0 Å². The van der Waals surface area contributed by atoms with Crippen molar-refractivity contribution in [3.05, 3.63) is 425 Å². The van der Waals surface area contributed by atoms with Crippen LogP contribution in [0.15, 0.2) is 425 Å². The highest BCUT2D eigenvalue weighted by molar-refractivity contribution is 6.29. The van der Waals surface area contributed by atoms with Gasteiger partial charge in [-0.2, -0.15) is 0 Å². The lowest BCUT2D eigenvalue weighted by Gasteiger charge is -2.18. The highest BCUT2D eigenvalue weighted by atomic mass is 15.1. The van der Waals surface area contributed by atoms with E-state index in [4.69, 9.17) is 0 Å². The topological polar surface area (TPSA) is 39.4 Å². The molecule has 0 fully saturated rings. The third-order valence-electron chi connectivity index (χ3n) is 26.3. The Labute approximate surface area is 698 Å². The summed E-state index contributed by atoms with van der Waals surface area (Å²) in [5, 5.41) is 19.1. The molecule has 0 saturated heterocycles. The Bertz CT molecular complexity index is 8090. The first-order chi connectivity index (χ1) is 60.6. The van der Waals surface area contributed by atoms with Gasteiger partial charge in [0.15, 0.2) is 0 Å². The normalized spacial score (nSPS) is 12.3. The molecule has 0 saturated carbocycles. The number of hydrogen-bond donors (Lipinski definition) is 0. The summed E-state index contributed by atoms with van der Waals surface area (Å²) < 4.78 is 20.3. The fourth-order valence-electron chi connectivity index (χ4n) is 21.4. The van der Waals surface area contributed by atoms with Gasteiger partial charge in [-0.3, -0.25) is 0 Å². The largest absolute Gasteiger partial charge is 0.307 e. The van der Waals surface area contributed by atoms with Crippen LogP contribution in [-0.2, 0) is 0 Å². The molecule has 0 aliphatic heterocycles. The van der Waals surface area contributed by atoms with Gasteiger partial charge in [0.2, 0.25) is 0 Å². The van der Waals surface area contributed by atoms with Crippen LogP contribution >= 0.6 is 0 Å². The summed E-state index contributed by atoms with van der Waals surface area (Å²) in [5.74, 6) is 0. The zero-order chi connectivity index (χ0) is 79.5. The molecule has 19 aromatic carbocycles. The number of benzene rings is 19.